The Balaban J connectivity index is 1.47. The van der Waals surface area contributed by atoms with Gasteiger partial charge in [-0.05, 0) is 49.8 Å². The molecule has 1 saturated carbocycles. The second-order valence-corrected chi connectivity index (χ2v) is 6.76. The Morgan fingerprint density at radius 3 is 2.52 bits per heavy atom. The third-order valence-electron chi connectivity index (χ3n) is 4.89. The van der Waals surface area contributed by atoms with Crippen LogP contribution in [0.25, 0.3) is 0 Å². The van der Waals surface area contributed by atoms with E-state index in [2.05, 4.69) is 10.3 Å². The lowest BCUT2D eigenvalue weighted by Crippen LogP contribution is -2.42. The first-order valence-corrected chi connectivity index (χ1v) is 8.76. The number of hydrogen-bond acceptors (Lipinski definition) is 4. The predicted molar refractivity (Wildman–Crippen MR) is 95.0 cm³/mol. The Labute approximate surface area is 147 Å². The fourth-order valence-electron chi connectivity index (χ4n) is 3.36. The summed E-state index contributed by atoms with van der Waals surface area (Å²) in [4.78, 5) is 16.3. The van der Waals surface area contributed by atoms with Crippen LogP contribution in [0.1, 0.15) is 43.4 Å². The number of nitrogens with zero attached hydrogens (tertiary/aromatic N) is 1. The van der Waals surface area contributed by atoms with Gasteiger partial charge in [0.25, 0.3) is 0 Å². The van der Waals surface area contributed by atoms with Crippen molar-refractivity contribution in [2.45, 2.75) is 50.2 Å². The zero-order chi connectivity index (χ0) is 17.7. The summed E-state index contributed by atoms with van der Waals surface area (Å²) in [6, 6.07) is 13.3. The molecule has 1 aliphatic rings. The lowest BCUT2D eigenvalue weighted by atomic mass is 9.80. The number of amides is 1. The van der Waals surface area contributed by atoms with Gasteiger partial charge in [0.1, 0.15) is 11.4 Å². The van der Waals surface area contributed by atoms with E-state index in [1.165, 1.54) is 12.3 Å². The second-order valence-electron chi connectivity index (χ2n) is 6.76. The van der Waals surface area contributed by atoms with Crippen molar-refractivity contribution >= 4 is 5.91 Å². The number of nitrogens with one attached hydrogen (secondary N) is 1. The molecule has 0 bridgehead atoms. The monoisotopic (exact) mass is 340 g/mol. The summed E-state index contributed by atoms with van der Waals surface area (Å²) in [5.41, 5.74) is 0.770. The predicted octanol–water partition coefficient (Wildman–Crippen LogP) is 2.67. The zero-order valence-corrected chi connectivity index (χ0v) is 14.2. The van der Waals surface area contributed by atoms with E-state index in [1.807, 2.05) is 30.3 Å². The van der Waals surface area contributed by atoms with E-state index >= 15 is 0 Å². The lowest BCUT2D eigenvalue weighted by molar-refractivity contribution is -0.122. The Kier molecular flexibility index (Phi) is 5.34. The van der Waals surface area contributed by atoms with Crippen molar-refractivity contribution < 1.29 is 15.0 Å². The smallest absolute Gasteiger partial charge is 0.220 e. The fraction of sp³-hybridized carbons (Fsp3) is 0.400. The molecule has 25 heavy (non-hydrogen) atoms. The van der Waals surface area contributed by atoms with Crippen LogP contribution in [-0.4, -0.2) is 27.1 Å². The molecular weight excluding hydrogens is 316 g/mol. The van der Waals surface area contributed by atoms with Crippen LogP contribution >= 0.6 is 0 Å². The number of aliphatic hydroxyl groups is 1. The Morgan fingerprint density at radius 2 is 1.88 bits per heavy atom. The molecule has 0 atom stereocenters. The van der Waals surface area contributed by atoms with Gasteiger partial charge in [0.15, 0.2) is 0 Å². The van der Waals surface area contributed by atoms with Crippen LogP contribution in [0.3, 0.4) is 0 Å². The highest BCUT2D eigenvalue weighted by Gasteiger charge is 2.36. The minimum absolute atomic E-state index is 0.0575. The maximum Gasteiger partial charge on any atom is 0.220 e. The van der Waals surface area contributed by atoms with Crippen molar-refractivity contribution in [2.24, 2.45) is 0 Å². The van der Waals surface area contributed by atoms with Crippen molar-refractivity contribution in [1.29, 1.82) is 0 Å². The van der Waals surface area contributed by atoms with Gasteiger partial charge in [0.05, 0.1) is 11.9 Å². The molecule has 0 saturated heterocycles. The van der Waals surface area contributed by atoms with E-state index in [-0.39, 0.29) is 17.7 Å². The number of aryl methyl sites for hydroxylation is 1. The molecule has 0 radical (unpaired) electrons. The number of benzene rings is 1. The van der Waals surface area contributed by atoms with Gasteiger partial charge in [-0.25, -0.2) is 0 Å². The lowest BCUT2D eigenvalue weighted by Gasteiger charge is -2.35. The van der Waals surface area contributed by atoms with Gasteiger partial charge in [0.2, 0.25) is 5.91 Å². The fourth-order valence-corrected chi connectivity index (χ4v) is 3.36. The maximum atomic E-state index is 12.1. The molecule has 3 rings (SSSR count). The molecule has 0 aliphatic heterocycles. The molecule has 1 amide bonds. The van der Waals surface area contributed by atoms with Crippen LogP contribution in [0.4, 0.5) is 0 Å². The highest BCUT2D eigenvalue weighted by molar-refractivity contribution is 5.76. The van der Waals surface area contributed by atoms with Crippen molar-refractivity contribution in [3.8, 4) is 5.75 Å². The van der Waals surface area contributed by atoms with E-state index in [0.29, 0.717) is 25.0 Å². The second kappa shape index (κ2) is 7.66. The number of carbonyl (C=O) groups excluding carboxylic acids is 1. The first-order valence-electron chi connectivity index (χ1n) is 8.76. The summed E-state index contributed by atoms with van der Waals surface area (Å²) in [6.45, 7) is 0. The molecule has 1 aromatic carbocycles. The highest BCUT2D eigenvalue weighted by atomic mass is 16.3. The third-order valence-corrected chi connectivity index (χ3v) is 4.89. The molecule has 0 spiro atoms. The van der Waals surface area contributed by atoms with Gasteiger partial charge in [-0.3, -0.25) is 9.78 Å². The number of carbonyl (C=O) groups is 1. The van der Waals surface area contributed by atoms with Crippen LogP contribution in [0, 0.1) is 0 Å². The van der Waals surface area contributed by atoms with Crippen LogP contribution in [0.15, 0.2) is 48.7 Å². The molecule has 1 fully saturated rings. The van der Waals surface area contributed by atoms with Gasteiger partial charge in [0, 0.05) is 12.5 Å². The number of hydrogen-bond donors (Lipinski definition) is 3. The molecule has 2 aromatic rings. The molecular formula is C20H24N2O3. The van der Waals surface area contributed by atoms with Crippen molar-refractivity contribution in [3.63, 3.8) is 0 Å². The van der Waals surface area contributed by atoms with Gasteiger partial charge in [-0.1, -0.05) is 30.3 Å². The van der Waals surface area contributed by atoms with E-state index in [0.717, 1.165) is 24.8 Å². The minimum Gasteiger partial charge on any atom is -0.506 e. The first-order chi connectivity index (χ1) is 12.0. The molecule has 1 aliphatic carbocycles. The standard InChI is InChI=1S/C20H24N2O3/c23-17-7-8-18(21-14-17)20(25)12-10-16(11-13-20)22-19(24)9-6-15-4-2-1-3-5-15/h1-5,7-8,14,16,23,25H,6,9-13H2,(H,22,24)/t16-,20-. The summed E-state index contributed by atoms with van der Waals surface area (Å²) in [5.74, 6) is 0.147. The summed E-state index contributed by atoms with van der Waals surface area (Å²) in [7, 11) is 0. The van der Waals surface area contributed by atoms with Gasteiger partial charge >= 0.3 is 0 Å². The van der Waals surface area contributed by atoms with E-state index in [1.54, 1.807) is 6.07 Å². The molecule has 0 unspecified atom stereocenters. The molecule has 132 valence electrons. The van der Waals surface area contributed by atoms with Crippen molar-refractivity contribution in [3.05, 3.63) is 59.9 Å². The molecule has 3 N–H and O–H groups in total. The summed E-state index contributed by atoms with van der Waals surface area (Å²) in [5, 5.41) is 23.2. The number of aromatic hydroxyl groups is 1. The largest absolute Gasteiger partial charge is 0.506 e. The van der Waals surface area contributed by atoms with Crippen LogP contribution in [0.2, 0.25) is 0 Å². The Bertz CT molecular complexity index is 693. The van der Waals surface area contributed by atoms with E-state index in [9.17, 15) is 15.0 Å². The first kappa shape index (κ1) is 17.4. The molecule has 1 aromatic heterocycles. The van der Waals surface area contributed by atoms with Crippen molar-refractivity contribution in [2.75, 3.05) is 0 Å². The van der Waals surface area contributed by atoms with E-state index < -0.39 is 5.60 Å². The van der Waals surface area contributed by atoms with Crippen LogP contribution in [-0.2, 0) is 16.8 Å². The quantitative estimate of drug-likeness (QED) is 0.781. The van der Waals surface area contributed by atoms with Crippen LogP contribution in [0.5, 0.6) is 5.75 Å². The average molecular weight is 340 g/mol. The Morgan fingerprint density at radius 1 is 1.16 bits per heavy atom. The number of pyridine rings is 1. The zero-order valence-electron chi connectivity index (χ0n) is 14.2. The maximum absolute atomic E-state index is 12.1. The summed E-state index contributed by atoms with van der Waals surface area (Å²) in [6.07, 6.45) is 5.10. The minimum atomic E-state index is -0.973. The number of rotatable bonds is 5. The highest BCUT2D eigenvalue weighted by Crippen LogP contribution is 2.36. The molecule has 1 heterocycles. The average Bonchev–Trinajstić information content (AvgIpc) is 2.63. The normalized spacial score (nSPS) is 23.2. The van der Waals surface area contributed by atoms with Crippen LogP contribution < -0.4 is 5.32 Å². The molecule has 5 nitrogen and oxygen atoms in total. The van der Waals surface area contributed by atoms with E-state index in [4.69, 9.17) is 0 Å². The summed E-state index contributed by atoms with van der Waals surface area (Å²) < 4.78 is 0. The third kappa shape index (κ3) is 4.57. The topological polar surface area (TPSA) is 82.5 Å². The number of aromatic nitrogens is 1. The summed E-state index contributed by atoms with van der Waals surface area (Å²) >= 11 is 0. The Hall–Kier alpha value is -2.40. The van der Waals surface area contributed by atoms with Gasteiger partial charge in [-0.2, -0.15) is 0 Å². The van der Waals surface area contributed by atoms with Gasteiger partial charge < -0.3 is 15.5 Å². The van der Waals surface area contributed by atoms with Gasteiger partial charge in [-0.15, -0.1) is 0 Å². The van der Waals surface area contributed by atoms with Crippen molar-refractivity contribution in [1.82, 2.24) is 10.3 Å². The molecule has 5 heteroatoms. The SMILES string of the molecule is O=C(CCc1ccccc1)N[C@H]1CC[C@@](O)(c2ccc(O)cn2)CC1.